The van der Waals surface area contributed by atoms with E-state index in [1.807, 2.05) is 36.4 Å². The van der Waals surface area contributed by atoms with Gasteiger partial charge >= 0.3 is 0 Å². The Balaban J connectivity index is 2.14. The Morgan fingerprint density at radius 3 is 2.30 bits per heavy atom. The minimum atomic E-state index is 0.771. The molecule has 0 aliphatic heterocycles. The number of fused-ring (bicyclic) bond motifs is 1. The number of benzene rings is 4. The van der Waals surface area contributed by atoms with Crippen molar-refractivity contribution in [1.82, 2.24) is 0 Å². The largest absolute Gasteiger partial charge is 0.0836 e. The van der Waals surface area contributed by atoms with E-state index in [1.54, 1.807) is 0 Å². The number of hydrogen-bond acceptors (Lipinski definition) is 0. The summed E-state index contributed by atoms with van der Waals surface area (Å²) in [6.07, 6.45) is 0. The van der Waals surface area contributed by atoms with Gasteiger partial charge in [0, 0.05) is 10.4 Å². The molecular weight excluding hydrogens is 300 g/mol. The van der Waals surface area contributed by atoms with E-state index in [1.165, 1.54) is 11.1 Å². The zero-order chi connectivity index (χ0) is 15.6. The first kappa shape index (κ1) is 14.0. The van der Waals surface area contributed by atoms with E-state index in [9.17, 15) is 0 Å². The van der Waals surface area contributed by atoms with Crippen LogP contribution in [0.25, 0.3) is 33.0 Å². The zero-order valence-corrected chi connectivity index (χ0v) is 13.2. The van der Waals surface area contributed by atoms with Gasteiger partial charge in [0.25, 0.3) is 0 Å². The molecule has 0 spiro atoms. The Morgan fingerprint density at radius 1 is 0.696 bits per heavy atom. The molecule has 1 heteroatoms. The van der Waals surface area contributed by atoms with E-state index in [4.69, 9.17) is 11.6 Å². The van der Waals surface area contributed by atoms with Gasteiger partial charge in [-0.1, -0.05) is 90.5 Å². The van der Waals surface area contributed by atoms with E-state index in [0.717, 1.165) is 26.9 Å². The third-order valence-electron chi connectivity index (χ3n) is 4.06. The van der Waals surface area contributed by atoms with Gasteiger partial charge in [-0.15, -0.1) is 0 Å². The molecule has 0 N–H and O–H groups in total. The van der Waals surface area contributed by atoms with E-state index >= 15 is 0 Å². The molecule has 0 saturated heterocycles. The fraction of sp³-hybridized carbons (Fsp3) is 0. The second kappa shape index (κ2) is 5.91. The summed E-state index contributed by atoms with van der Waals surface area (Å²) in [7, 11) is 0. The lowest BCUT2D eigenvalue weighted by Crippen LogP contribution is -1.89. The third kappa shape index (κ3) is 2.52. The van der Waals surface area contributed by atoms with Crippen LogP contribution in [0.4, 0.5) is 0 Å². The molecule has 1 radical (unpaired) electrons. The monoisotopic (exact) mass is 313 g/mol. The summed E-state index contributed by atoms with van der Waals surface area (Å²) in [6, 6.07) is 32.2. The molecule has 109 valence electrons. The zero-order valence-electron chi connectivity index (χ0n) is 12.5. The van der Waals surface area contributed by atoms with Gasteiger partial charge in [-0.2, -0.15) is 0 Å². The van der Waals surface area contributed by atoms with Crippen LogP contribution < -0.4 is 0 Å². The molecule has 0 bridgehead atoms. The van der Waals surface area contributed by atoms with Crippen LogP contribution in [-0.4, -0.2) is 0 Å². The Morgan fingerprint density at radius 2 is 1.52 bits per heavy atom. The van der Waals surface area contributed by atoms with E-state index in [0.29, 0.717) is 0 Å². The highest BCUT2D eigenvalue weighted by Crippen LogP contribution is 2.40. The van der Waals surface area contributed by atoms with E-state index in [-0.39, 0.29) is 0 Å². The van der Waals surface area contributed by atoms with Crippen molar-refractivity contribution >= 4 is 22.4 Å². The van der Waals surface area contributed by atoms with Crippen LogP contribution in [0.15, 0.2) is 84.9 Å². The quantitative estimate of drug-likeness (QED) is 0.390. The first-order valence-corrected chi connectivity index (χ1v) is 7.96. The first-order chi connectivity index (χ1) is 11.3. The van der Waals surface area contributed by atoms with Gasteiger partial charge in [-0.25, -0.2) is 0 Å². The van der Waals surface area contributed by atoms with Crippen LogP contribution in [0.2, 0.25) is 5.02 Å². The van der Waals surface area contributed by atoms with Crippen molar-refractivity contribution in [3.63, 3.8) is 0 Å². The van der Waals surface area contributed by atoms with Crippen molar-refractivity contribution in [3.05, 3.63) is 96.0 Å². The summed E-state index contributed by atoms with van der Waals surface area (Å²) < 4.78 is 0. The molecule has 0 amide bonds. The van der Waals surface area contributed by atoms with Gasteiger partial charge in [-0.05, 0) is 39.8 Å². The Hall–Kier alpha value is -2.57. The molecule has 0 fully saturated rings. The average Bonchev–Trinajstić information content (AvgIpc) is 2.62. The third-order valence-corrected chi connectivity index (χ3v) is 4.37. The molecular formula is C22H14Cl. The lowest BCUT2D eigenvalue weighted by atomic mass is 9.90. The standard InChI is InChI=1S/C22H14Cl/c23-20-13-7-12-18-14-15-19(16-8-3-1-4-9-16)21(22(18)20)17-10-5-2-6-11-17/h1-10,12-15H. The van der Waals surface area contributed by atoms with Gasteiger partial charge in [-0.3, -0.25) is 0 Å². The van der Waals surface area contributed by atoms with Crippen molar-refractivity contribution in [2.45, 2.75) is 0 Å². The second-order valence-corrected chi connectivity index (χ2v) is 5.88. The fourth-order valence-electron chi connectivity index (χ4n) is 3.02. The molecule has 0 atom stereocenters. The van der Waals surface area contributed by atoms with Gasteiger partial charge in [0.1, 0.15) is 0 Å². The highest BCUT2D eigenvalue weighted by atomic mass is 35.5. The Bertz CT molecular complexity index is 957. The van der Waals surface area contributed by atoms with E-state index in [2.05, 4.69) is 54.6 Å². The molecule has 0 unspecified atom stereocenters. The summed E-state index contributed by atoms with van der Waals surface area (Å²) in [4.78, 5) is 0. The minimum absolute atomic E-state index is 0.771. The highest BCUT2D eigenvalue weighted by Gasteiger charge is 2.13. The number of hydrogen-bond donors (Lipinski definition) is 0. The molecule has 4 aromatic rings. The SMILES string of the molecule is Clc1cccc2ccc(-c3ccccc3)c(-c3[c]cccc3)c12. The van der Waals surface area contributed by atoms with Gasteiger partial charge < -0.3 is 0 Å². The topological polar surface area (TPSA) is 0 Å². The molecule has 0 saturated carbocycles. The van der Waals surface area contributed by atoms with Gasteiger partial charge in [0.15, 0.2) is 0 Å². The van der Waals surface area contributed by atoms with Crippen LogP contribution in [0.3, 0.4) is 0 Å². The number of rotatable bonds is 2. The van der Waals surface area contributed by atoms with Gasteiger partial charge in [0.05, 0.1) is 0 Å². The van der Waals surface area contributed by atoms with Crippen LogP contribution in [0, 0.1) is 6.07 Å². The summed E-state index contributed by atoms with van der Waals surface area (Å²) in [6.45, 7) is 0. The molecule has 4 aromatic carbocycles. The van der Waals surface area contributed by atoms with Crippen molar-refractivity contribution in [2.24, 2.45) is 0 Å². The number of halogens is 1. The predicted octanol–water partition coefficient (Wildman–Crippen LogP) is 6.63. The average molecular weight is 314 g/mol. The van der Waals surface area contributed by atoms with Crippen LogP contribution in [0.1, 0.15) is 0 Å². The minimum Gasteiger partial charge on any atom is -0.0836 e. The second-order valence-electron chi connectivity index (χ2n) is 5.47. The highest BCUT2D eigenvalue weighted by molar-refractivity contribution is 6.37. The lowest BCUT2D eigenvalue weighted by molar-refractivity contribution is 1.60. The summed E-state index contributed by atoms with van der Waals surface area (Å²) in [5.41, 5.74) is 4.56. The molecule has 0 aromatic heterocycles. The van der Waals surface area contributed by atoms with Crippen LogP contribution in [0.5, 0.6) is 0 Å². The first-order valence-electron chi connectivity index (χ1n) is 7.58. The lowest BCUT2D eigenvalue weighted by Gasteiger charge is -2.15. The van der Waals surface area contributed by atoms with Crippen molar-refractivity contribution in [3.8, 4) is 22.3 Å². The Labute approximate surface area is 141 Å². The molecule has 0 aliphatic rings. The maximum Gasteiger partial charge on any atom is 0.0490 e. The maximum absolute atomic E-state index is 6.56. The van der Waals surface area contributed by atoms with Gasteiger partial charge in [0.2, 0.25) is 0 Å². The summed E-state index contributed by atoms with van der Waals surface area (Å²) in [5.74, 6) is 0. The predicted molar refractivity (Wildman–Crippen MR) is 98.7 cm³/mol. The van der Waals surface area contributed by atoms with Crippen LogP contribution >= 0.6 is 11.6 Å². The molecule has 4 rings (SSSR count). The fourth-order valence-corrected chi connectivity index (χ4v) is 3.30. The maximum atomic E-state index is 6.56. The van der Waals surface area contributed by atoms with Crippen molar-refractivity contribution < 1.29 is 0 Å². The van der Waals surface area contributed by atoms with E-state index < -0.39 is 0 Å². The Kier molecular flexibility index (Phi) is 3.61. The molecule has 0 aliphatic carbocycles. The van der Waals surface area contributed by atoms with Crippen LogP contribution in [-0.2, 0) is 0 Å². The summed E-state index contributed by atoms with van der Waals surface area (Å²) in [5, 5.41) is 3.00. The smallest absolute Gasteiger partial charge is 0.0490 e. The van der Waals surface area contributed by atoms with Crippen molar-refractivity contribution in [1.29, 1.82) is 0 Å². The molecule has 23 heavy (non-hydrogen) atoms. The normalized spacial score (nSPS) is 10.8. The molecule has 0 nitrogen and oxygen atoms in total. The summed E-state index contributed by atoms with van der Waals surface area (Å²) >= 11 is 6.56. The molecule has 0 heterocycles. The van der Waals surface area contributed by atoms with Crippen molar-refractivity contribution in [2.75, 3.05) is 0 Å².